The van der Waals surface area contributed by atoms with Crippen LogP contribution in [0.15, 0.2) is 66.7 Å². The molecule has 0 aromatic heterocycles. The van der Waals surface area contributed by atoms with E-state index in [0.29, 0.717) is 35.8 Å². The Morgan fingerprint density at radius 2 is 1.57 bits per heavy atom. The Morgan fingerprint density at radius 3 is 2.23 bits per heavy atom. The highest BCUT2D eigenvalue weighted by Crippen LogP contribution is 2.33. The Hall–Kier alpha value is -3.09. The Morgan fingerprint density at radius 1 is 0.886 bits per heavy atom. The maximum atomic E-state index is 14.9. The van der Waals surface area contributed by atoms with Crippen molar-refractivity contribution < 1.29 is 27.4 Å². The predicted molar refractivity (Wildman–Crippen MR) is 131 cm³/mol. The van der Waals surface area contributed by atoms with E-state index in [0.717, 1.165) is 18.4 Å². The molecule has 3 nitrogen and oxygen atoms in total. The van der Waals surface area contributed by atoms with E-state index in [4.69, 9.17) is 14.2 Å². The third kappa shape index (κ3) is 5.77. The van der Waals surface area contributed by atoms with Gasteiger partial charge in [0.2, 0.25) is 5.82 Å². The molecule has 0 bridgehead atoms. The summed E-state index contributed by atoms with van der Waals surface area (Å²) in [6, 6.07) is 14.7. The predicted octanol–water partition coefficient (Wildman–Crippen LogP) is 7.85. The van der Waals surface area contributed by atoms with Crippen LogP contribution >= 0.6 is 0 Å². The van der Waals surface area contributed by atoms with Gasteiger partial charge in [-0.05, 0) is 61.6 Å². The van der Waals surface area contributed by atoms with Gasteiger partial charge in [-0.1, -0.05) is 48.6 Å². The SMILES string of the molecule is CC=CCCC1COC(c2ccc(-c3ccc(-c4ccc(OCC)c(F)c4F)cc3)cc2F)OC1. The quantitative estimate of drug-likeness (QED) is 0.306. The monoisotopic (exact) mass is 482 g/mol. The van der Waals surface area contributed by atoms with Gasteiger partial charge in [0.1, 0.15) is 5.82 Å². The summed E-state index contributed by atoms with van der Waals surface area (Å²) in [5.41, 5.74) is 2.42. The number of halogens is 3. The second kappa shape index (κ2) is 11.6. The zero-order valence-corrected chi connectivity index (χ0v) is 19.9. The Kier molecular flexibility index (Phi) is 8.26. The lowest BCUT2D eigenvalue weighted by atomic mass is 9.98. The first kappa shape index (κ1) is 25.0. The van der Waals surface area contributed by atoms with Gasteiger partial charge in [-0.3, -0.25) is 0 Å². The van der Waals surface area contributed by atoms with Gasteiger partial charge in [-0.15, -0.1) is 0 Å². The molecule has 0 amide bonds. The fourth-order valence-electron chi connectivity index (χ4n) is 4.15. The molecule has 0 saturated carbocycles. The Balaban J connectivity index is 1.45. The summed E-state index contributed by atoms with van der Waals surface area (Å²) in [5, 5.41) is 0. The fourth-order valence-corrected chi connectivity index (χ4v) is 4.15. The topological polar surface area (TPSA) is 27.7 Å². The van der Waals surface area contributed by atoms with Gasteiger partial charge in [0.05, 0.1) is 19.8 Å². The number of hydrogen-bond acceptors (Lipinski definition) is 3. The van der Waals surface area contributed by atoms with E-state index >= 15 is 0 Å². The lowest BCUT2D eigenvalue weighted by Gasteiger charge is -2.29. The lowest BCUT2D eigenvalue weighted by molar-refractivity contribution is -0.207. The molecule has 1 heterocycles. The van der Waals surface area contributed by atoms with E-state index in [2.05, 4.69) is 6.08 Å². The standard InChI is InChI=1S/C29H29F3O3/c1-3-5-6-7-19-17-34-29(35-18-19)24-13-12-22(16-25(24)30)20-8-10-21(11-9-20)23-14-15-26(33-4-2)28(32)27(23)31/h3,5,8-16,19,29H,4,6-7,17-18H2,1-2H3. The Labute approximate surface area is 204 Å². The molecule has 6 heteroatoms. The third-order valence-corrected chi connectivity index (χ3v) is 6.07. The second-order valence-corrected chi connectivity index (χ2v) is 8.50. The van der Waals surface area contributed by atoms with Gasteiger partial charge >= 0.3 is 0 Å². The molecule has 1 aliphatic heterocycles. The van der Waals surface area contributed by atoms with Crippen LogP contribution < -0.4 is 4.74 Å². The second-order valence-electron chi connectivity index (χ2n) is 8.50. The highest BCUT2D eigenvalue weighted by atomic mass is 19.2. The minimum absolute atomic E-state index is 0.115. The van der Waals surface area contributed by atoms with Crippen LogP contribution in [0, 0.1) is 23.4 Å². The minimum Gasteiger partial charge on any atom is -0.491 e. The van der Waals surface area contributed by atoms with Crippen molar-refractivity contribution in [3.05, 3.63) is 89.8 Å². The van der Waals surface area contributed by atoms with Crippen molar-refractivity contribution in [2.24, 2.45) is 5.92 Å². The molecule has 3 aromatic carbocycles. The van der Waals surface area contributed by atoms with Crippen molar-refractivity contribution in [2.75, 3.05) is 19.8 Å². The van der Waals surface area contributed by atoms with Crippen molar-refractivity contribution in [1.29, 1.82) is 0 Å². The van der Waals surface area contributed by atoms with Crippen LogP contribution in [0.2, 0.25) is 0 Å². The zero-order valence-electron chi connectivity index (χ0n) is 19.9. The van der Waals surface area contributed by atoms with Crippen molar-refractivity contribution in [1.82, 2.24) is 0 Å². The lowest BCUT2D eigenvalue weighted by Crippen LogP contribution is -2.27. The molecule has 184 valence electrons. The smallest absolute Gasteiger partial charge is 0.201 e. The summed E-state index contributed by atoms with van der Waals surface area (Å²) in [6.45, 7) is 5.02. The van der Waals surface area contributed by atoms with E-state index in [1.807, 2.05) is 13.0 Å². The van der Waals surface area contributed by atoms with E-state index in [1.165, 1.54) is 18.2 Å². The van der Waals surface area contributed by atoms with Crippen LogP contribution in [0.3, 0.4) is 0 Å². The summed E-state index contributed by atoms with van der Waals surface area (Å²) in [7, 11) is 0. The van der Waals surface area contributed by atoms with Gasteiger partial charge in [-0.25, -0.2) is 8.78 Å². The largest absolute Gasteiger partial charge is 0.491 e. The molecule has 1 aliphatic rings. The van der Waals surface area contributed by atoms with Crippen molar-refractivity contribution in [3.63, 3.8) is 0 Å². The molecule has 0 unspecified atom stereocenters. The molecule has 0 aliphatic carbocycles. The van der Waals surface area contributed by atoms with Crippen molar-refractivity contribution in [3.8, 4) is 28.0 Å². The normalized spacial score (nSPS) is 18.2. The molecular formula is C29H29F3O3. The first-order valence-corrected chi connectivity index (χ1v) is 11.9. The number of ether oxygens (including phenoxy) is 3. The van der Waals surface area contributed by atoms with Crippen LogP contribution in [0.1, 0.15) is 38.5 Å². The summed E-state index contributed by atoms with van der Waals surface area (Å²) >= 11 is 0. The summed E-state index contributed by atoms with van der Waals surface area (Å²) in [5.74, 6) is -2.20. The summed E-state index contributed by atoms with van der Waals surface area (Å²) in [6.07, 6.45) is 5.37. The van der Waals surface area contributed by atoms with Gasteiger partial charge in [-0.2, -0.15) is 4.39 Å². The third-order valence-electron chi connectivity index (χ3n) is 6.07. The maximum Gasteiger partial charge on any atom is 0.201 e. The minimum atomic E-state index is -1.01. The fraction of sp³-hybridized carbons (Fsp3) is 0.310. The average Bonchev–Trinajstić information content (AvgIpc) is 2.88. The first-order valence-electron chi connectivity index (χ1n) is 11.9. The number of hydrogen-bond donors (Lipinski definition) is 0. The van der Waals surface area contributed by atoms with Crippen LogP contribution in [-0.4, -0.2) is 19.8 Å². The first-order chi connectivity index (χ1) is 17.0. The van der Waals surface area contributed by atoms with E-state index in [1.54, 1.807) is 43.3 Å². The van der Waals surface area contributed by atoms with Crippen molar-refractivity contribution >= 4 is 0 Å². The summed E-state index contributed by atoms with van der Waals surface area (Å²) < 4.78 is 60.4. The van der Waals surface area contributed by atoms with Crippen LogP contribution in [-0.2, 0) is 9.47 Å². The van der Waals surface area contributed by atoms with Gasteiger partial charge in [0, 0.05) is 17.0 Å². The van der Waals surface area contributed by atoms with Gasteiger partial charge in [0.25, 0.3) is 0 Å². The van der Waals surface area contributed by atoms with E-state index in [9.17, 15) is 13.2 Å². The summed E-state index contributed by atoms with van der Waals surface area (Å²) in [4.78, 5) is 0. The van der Waals surface area contributed by atoms with Gasteiger partial charge < -0.3 is 14.2 Å². The molecule has 1 fully saturated rings. The average molecular weight is 483 g/mol. The highest BCUT2D eigenvalue weighted by Gasteiger charge is 2.25. The van der Waals surface area contributed by atoms with Crippen molar-refractivity contribution in [2.45, 2.75) is 33.0 Å². The molecule has 0 atom stereocenters. The molecule has 35 heavy (non-hydrogen) atoms. The highest BCUT2D eigenvalue weighted by molar-refractivity contribution is 5.71. The zero-order chi connectivity index (χ0) is 24.8. The maximum absolute atomic E-state index is 14.9. The van der Waals surface area contributed by atoms with Gasteiger partial charge in [0.15, 0.2) is 17.9 Å². The molecule has 0 radical (unpaired) electrons. The van der Waals surface area contributed by atoms with Crippen LogP contribution in [0.4, 0.5) is 13.2 Å². The van der Waals surface area contributed by atoms with Crippen LogP contribution in [0.25, 0.3) is 22.3 Å². The molecule has 0 spiro atoms. The molecule has 4 rings (SSSR count). The molecule has 1 saturated heterocycles. The number of benzene rings is 3. The molecule has 0 N–H and O–H groups in total. The van der Waals surface area contributed by atoms with Crippen LogP contribution in [0.5, 0.6) is 5.75 Å². The number of allylic oxidation sites excluding steroid dienone is 2. The Bertz CT molecular complexity index is 1170. The molecule has 3 aromatic rings. The van der Waals surface area contributed by atoms with E-state index < -0.39 is 23.7 Å². The van der Waals surface area contributed by atoms with E-state index in [-0.39, 0.29) is 17.9 Å². The number of rotatable bonds is 8. The molecular weight excluding hydrogens is 453 g/mol.